The largest absolute Gasteiger partial charge is 0.508 e. The zero-order chi connectivity index (χ0) is 20.3. The summed E-state index contributed by atoms with van der Waals surface area (Å²) in [7, 11) is 0. The number of phenolic OH excluding ortho intramolecular Hbond substituents is 2. The van der Waals surface area contributed by atoms with E-state index in [-0.39, 0.29) is 17.9 Å². The Hall–Kier alpha value is -3.07. The molecule has 0 bridgehead atoms. The summed E-state index contributed by atoms with van der Waals surface area (Å²) in [5.41, 5.74) is 1.10. The van der Waals surface area contributed by atoms with Gasteiger partial charge in [0, 0.05) is 10.9 Å². The maximum absolute atomic E-state index is 12.3. The first-order chi connectivity index (χ1) is 13.4. The number of amides is 1. The van der Waals surface area contributed by atoms with Gasteiger partial charge in [-0.05, 0) is 43.9 Å². The highest BCUT2D eigenvalue weighted by Gasteiger charge is 2.28. The fourth-order valence-corrected chi connectivity index (χ4v) is 4.27. The molecule has 3 rings (SSSR count). The first-order valence-corrected chi connectivity index (χ1v) is 9.53. The van der Waals surface area contributed by atoms with Crippen LogP contribution in [0.4, 0.5) is 5.00 Å². The maximum atomic E-state index is 12.3. The number of thiophene rings is 1. The molecule has 3 N–H and O–H groups in total. The topological polar surface area (TPSA) is 122 Å². The number of benzene rings is 1. The van der Waals surface area contributed by atoms with E-state index in [1.54, 1.807) is 6.92 Å². The minimum Gasteiger partial charge on any atom is -0.508 e. The van der Waals surface area contributed by atoms with Gasteiger partial charge in [-0.25, -0.2) is 9.59 Å². The minimum atomic E-state index is -0.910. The molecular formula is C19H19NO7S. The van der Waals surface area contributed by atoms with Gasteiger partial charge < -0.3 is 25.0 Å². The third-order valence-corrected chi connectivity index (χ3v) is 5.40. The number of aromatic hydroxyl groups is 2. The van der Waals surface area contributed by atoms with E-state index in [0.29, 0.717) is 10.6 Å². The number of fused-ring (bicyclic) bond motifs is 1. The van der Waals surface area contributed by atoms with Crippen molar-refractivity contribution in [3.63, 3.8) is 0 Å². The van der Waals surface area contributed by atoms with Gasteiger partial charge in [-0.1, -0.05) is 0 Å². The van der Waals surface area contributed by atoms with Crippen LogP contribution in [0.1, 0.15) is 44.5 Å². The Labute approximate surface area is 164 Å². The number of rotatable bonds is 6. The van der Waals surface area contributed by atoms with Gasteiger partial charge in [0.25, 0.3) is 5.91 Å². The van der Waals surface area contributed by atoms with Gasteiger partial charge in [0.2, 0.25) is 0 Å². The molecular weight excluding hydrogens is 386 g/mol. The third kappa shape index (κ3) is 4.09. The van der Waals surface area contributed by atoms with Crippen molar-refractivity contribution in [2.45, 2.75) is 26.2 Å². The van der Waals surface area contributed by atoms with Gasteiger partial charge in [-0.15, -0.1) is 11.3 Å². The summed E-state index contributed by atoms with van der Waals surface area (Å²) < 4.78 is 10.00. The smallest absolute Gasteiger partial charge is 0.342 e. The lowest BCUT2D eigenvalue weighted by Gasteiger charge is -2.09. The molecule has 0 saturated carbocycles. The Bertz CT molecular complexity index is 935. The molecule has 1 aromatic carbocycles. The molecule has 0 saturated heterocycles. The number of aryl methyl sites for hydroxylation is 1. The van der Waals surface area contributed by atoms with Crippen molar-refractivity contribution < 1.29 is 34.1 Å². The highest BCUT2D eigenvalue weighted by atomic mass is 32.1. The molecule has 1 aliphatic rings. The lowest BCUT2D eigenvalue weighted by Crippen LogP contribution is -2.22. The molecule has 148 valence electrons. The van der Waals surface area contributed by atoms with Crippen LogP contribution in [0.2, 0.25) is 0 Å². The quantitative estimate of drug-likeness (QED) is 0.632. The highest BCUT2D eigenvalue weighted by molar-refractivity contribution is 7.17. The fraction of sp³-hybridized carbons (Fsp3) is 0.316. The highest BCUT2D eigenvalue weighted by Crippen LogP contribution is 2.39. The molecule has 9 heteroatoms. The zero-order valence-corrected chi connectivity index (χ0v) is 15.9. The summed E-state index contributed by atoms with van der Waals surface area (Å²) in [5, 5.41) is 21.9. The lowest BCUT2D eigenvalue weighted by atomic mass is 10.1. The first kappa shape index (κ1) is 19.7. The van der Waals surface area contributed by atoms with E-state index in [2.05, 4.69) is 5.32 Å². The van der Waals surface area contributed by atoms with Crippen molar-refractivity contribution in [2.75, 3.05) is 18.5 Å². The normalized spacial score (nSPS) is 12.3. The molecule has 0 fully saturated rings. The van der Waals surface area contributed by atoms with Gasteiger partial charge >= 0.3 is 11.9 Å². The molecule has 0 unspecified atom stereocenters. The summed E-state index contributed by atoms with van der Waals surface area (Å²) >= 11 is 1.32. The van der Waals surface area contributed by atoms with Crippen molar-refractivity contribution in [2.24, 2.45) is 0 Å². The summed E-state index contributed by atoms with van der Waals surface area (Å²) in [4.78, 5) is 37.5. The number of hydrogen-bond acceptors (Lipinski definition) is 8. The molecule has 0 aliphatic heterocycles. The molecule has 0 radical (unpaired) electrons. The van der Waals surface area contributed by atoms with Crippen molar-refractivity contribution in [3.8, 4) is 11.5 Å². The van der Waals surface area contributed by atoms with E-state index < -0.39 is 30.2 Å². The van der Waals surface area contributed by atoms with Gasteiger partial charge in [0.1, 0.15) is 22.1 Å². The first-order valence-electron chi connectivity index (χ1n) is 8.71. The van der Waals surface area contributed by atoms with Crippen LogP contribution in [0.15, 0.2) is 18.2 Å². The molecule has 0 spiro atoms. The van der Waals surface area contributed by atoms with Crippen LogP contribution in [0.25, 0.3) is 0 Å². The number of anilines is 1. The molecule has 0 atom stereocenters. The molecule has 2 aromatic rings. The number of nitrogens with one attached hydrogen (secondary N) is 1. The molecule has 28 heavy (non-hydrogen) atoms. The number of phenols is 2. The van der Waals surface area contributed by atoms with Gasteiger partial charge in [-0.3, -0.25) is 4.79 Å². The Morgan fingerprint density at radius 2 is 1.93 bits per heavy atom. The predicted octanol–water partition coefficient (Wildman–Crippen LogP) is 2.62. The summed E-state index contributed by atoms with van der Waals surface area (Å²) in [6.07, 6.45) is 2.55. The summed E-state index contributed by atoms with van der Waals surface area (Å²) in [6, 6.07) is 3.40. The van der Waals surface area contributed by atoms with Crippen LogP contribution in [-0.4, -0.2) is 41.3 Å². The predicted molar refractivity (Wildman–Crippen MR) is 101 cm³/mol. The van der Waals surface area contributed by atoms with E-state index in [9.17, 15) is 24.6 Å². The number of carbonyl (C=O) groups excluding carboxylic acids is 3. The van der Waals surface area contributed by atoms with Crippen molar-refractivity contribution in [1.82, 2.24) is 0 Å². The van der Waals surface area contributed by atoms with Crippen LogP contribution in [0, 0.1) is 0 Å². The van der Waals surface area contributed by atoms with Crippen molar-refractivity contribution >= 4 is 34.2 Å². The van der Waals surface area contributed by atoms with Crippen LogP contribution in [0.3, 0.4) is 0 Å². The number of hydrogen-bond donors (Lipinski definition) is 3. The Balaban J connectivity index is 1.67. The average Bonchev–Trinajstić information content (AvgIpc) is 3.20. The van der Waals surface area contributed by atoms with E-state index in [4.69, 9.17) is 9.47 Å². The fourth-order valence-electron chi connectivity index (χ4n) is 2.98. The Morgan fingerprint density at radius 3 is 2.64 bits per heavy atom. The number of carbonyl (C=O) groups is 3. The van der Waals surface area contributed by atoms with Crippen LogP contribution in [0.5, 0.6) is 11.5 Å². The van der Waals surface area contributed by atoms with Gasteiger partial charge in [0.05, 0.1) is 12.2 Å². The van der Waals surface area contributed by atoms with E-state index in [0.717, 1.165) is 35.8 Å². The van der Waals surface area contributed by atoms with Gasteiger partial charge in [-0.2, -0.15) is 0 Å². The SMILES string of the molecule is CCOC(=O)c1c(NC(=O)COC(=O)c2ccc(O)cc2O)sc2c1CCC2. The monoisotopic (exact) mass is 405 g/mol. The van der Waals surface area contributed by atoms with Crippen LogP contribution >= 0.6 is 11.3 Å². The van der Waals surface area contributed by atoms with Crippen LogP contribution < -0.4 is 5.32 Å². The van der Waals surface area contributed by atoms with Gasteiger partial charge in [0.15, 0.2) is 6.61 Å². The zero-order valence-electron chi connectivity index (χ0n) is 15.1. The van der Waals surface area contributed by atoms with E-state index in [1.165, 1.54) is 23.5 Å². The average molecular weight is 405 g/mol. The molecule has 8 nitrogen and oxygen atoms in total. The van der Waals surface area contributed by atoms with E-state index >= 15 is 0 Å². The lowest BCUT2D eigenvalue weighted by molar-refractivity contribution is -0.119. The number of ether oxygens (including phenoxy) is 2. The molecule has 1 aliphatic carbocycles. The minimum absolute atomic E-state index is 0.173. The van der Waals surface area contributed by atoms with E-state index in [1.807, 2.05) is 0 Å². The molecule has 1 amide bonds. The Morgan fingerprint density at radius 1 is 1.14 bits per heavy atom. The standard InChI is InChI=1S/C19H19NO7S/c1-2-26-19(25)16-12-4-3-5-14(12)28-17(16)20-15(23)9-27-18(24)11-7-6-10(21)8-13(11)22/h6-8,21-22H,2-5,9H2,1H3,(H,20,23). The van der Waals surface area contributed by atoms with Crippen LogP contribution in [-0.2, 0) is 27.1 Å². The maximum Gasteiger partial charge on any atom is 0.342 e. The van der Waals surface area contributed by atoms with Crippen molar-refractivity contribution in [1.29, 1.82) is 0 Å². The second-order valence-electron chi connectivity index (χ2n) is 6.11. The Kier molecular flexibility index (Phi) is 5.84. The summed E-state index contributed by atoms with van der Waals surface area (Å²) in [5.74, 6) is -2.67. The van der Waals surface area contributed by atoms with Crippen molar-refractivity contribution in [3.05, 3.63) is 39.8 Å². The molecule has 1 aromatic heterocycles. The summed E-state index contributed by atoms with van der Waals surface area (Å²) in [6.45, 7) is 1.34. The number of esters is 2. The second kappa shape index (κ2) is 8.30. The molecule has 1 heterocycles. The second-order valence-corrected chi connectivity index (χ2v) is 7.21. The third-order valence-electron chi connectivity index (χ3n) is 4.19.